The lowest BCUT2D eigenvalue weighted by Crippen LogP contribution is -1.95. The summed E-state index contributed by atoms with van der Waals surface area (Å²) < 4.78 is 13.9. The van der Waals surface area contributed by atoms with Gasteiger partial charge in [-0.15, -0.1) is 11.3 Å². The van der Waals surface area contributed by atoms with Gasteiger partial charge in [-0.1, -0.05) is 42.5 Å². The van der Waals surface area contributed by atoms with Crippen molar-refractivity contribution in [2.45, 2.75) is 6.54 Å². The fourth-order valence-corrected chi connectivity index (χ4v) is 3.05. The maximum atomic E-state index is 13.9. The fourth-order valence-electron chi connectivity index (χ4n) is 2.06. The standard InChI is InChI=1S/C16H13FN2S/c17-13-9-5-4-8-12(13)16-19-15(14(10-18)20-16)11-6-2-1-3-7-11/h1-9H,10,18H2. The van der Waals surface area contributed by atoms with E-state index in [-0.39, 0.29) is 5.82 Å². The minimum atomic E-state index is -0.260. The third-order valence-electron chi connectivity index (χ3n) is 3.03. The quantitative estimate of drug-likeness (QED) is 0.787. The first kappa shape index (κ1) is 13.0. The Morgan fingerprint density at radius 3 is 2.40 bits per heavy atom. The predicted molar refractivity (Wildman–Crippen MR) is 80.8 cm³/mol. The first-order valence-corrected chi connectivity index (χ1v) is 7.11. The first-order chi connectivity index (χ1) is 9.79. The van der Waals surface area contributed by atoms with Crippen molar-refractivity contribution in [2.75, 3.05) is 0 Å². The van der Waals surface area contributed by atoms with Crippen LogP contribution in [-0.2, 0) is 6.54 Å². The van der Waals surface area contributed by atoms with Crippen molar-refractivity contribution in [3.63, 3.8) is 0 Å². The number of rotatable bonds is 3. The van der Waals surface area contributed by atoms with Gasteiger partial charge in [-0.3, -0.25) is 0 Å². The summed E-state index contributed by atoms with van der Waals surface area (Å²) in [5, 5.41) is 0.669. The van der Waals surface area contributed by atoms with E-state index in [9.17, 15) is 4.39 Å². The number of halogens is 1. The van der Waals surface area contributed by atoms with E-state index in [4.69, 9.17) is 5.73 Å². The summed E-state index contributed by atoms with van der Waals surface area (Å²) in [5.74, 6) is -0.260. The van der Waals surface area contributed by atoms with E-state index < -0.39 is 0 Å². The van der Waals surface area contributed by atoms with E-state index in [0.29, 0.717) is 17.1 Å². The molecule has 0 saturated carbocycles. The van der Waals surface area contributed by atoms with Crippen molar-refractivity contribution in [3.8, 4) is 21.8 Å². The van der Waals surface area contributed by atoms with Crippen LogP contribution in [0.15, 0.2) is 54.6 Å². The van der Waals surface area contributed by atoms with E-state index in [1.165, 1.54) is 17.4 Å². The Kier molecular flexibility index (Phi) is 3.58. The van der Waals surface area contributed by atoms with Gasteiger partial charge in [-0.2, -0.15) is 0 Å². The van der Waals surface area contributed by atoms with E-state index in [2.05, 4.69) is 4.98 Å². The average Bonchev–Trinajstić information content (AvgIpc) is 2.92. The number of nitrogens with zero attached hydrogens (tertiary/aromatic N) is 1. The van der Waals surface area contributed by atoms with Crippen LogP contribution < -0.4 is 5.73 Å². The molecule has 2 N–H and O–H groups in total. The highest BCUT2D eigenvalue weighted by Gasteiger charge is 2.15. The van der Waals surface area contributed by atoms with Crippen LogP contribution in [0, 0.1) is 5.82 Å². The van der Waals surface area contributed by atoms with Crippen LogP contribution in [0.4, 0.5) is 4.39 Å². The zero-order valence-corrected chi connectivity index (χ0v) is 11.5. The van der Waals surface area contributed by atoms with Crippen molar-refractivity contribution < 1.29 is 4.39 Å². The number of thiazole rings is 1. The molecule has 0 bridgehead atoms. The van der Waals surface area contributed by atoms with Crippen LogP contribution in [0.5, 0.6) is 0 Å². The van der Waals surface area contributed by atoms with Gasteiger partial charge in [0, 0.05) is 22.5 Å². The third kappa shape index (κ3) is 2.35. The molecular formula is C16H13FN2S. The lowest BCUT2D eigenvalue weighted by atomic mass is 10.1. The van der Waals surface area contributed by atoms with Gasteiger partial charge in [0.05, 0.1) is 5.69 Å². The molecule has 0 spiro atoms. The molecule has 20 heavy (non-hydrogen) atoms. The van der Waals surface area contributed by atoms with Crippen molar-refractivity contribution >= 4 is 11.3 Å². The molecule has 1 aromatic heterocycles. The summed E-state index contributed by atoms with van der Waals surface area (Å²) in [5.41, 5.74) is 8.17. The van der Waals surface area contributed by atoms with Gasteiger partial charge < -0.3 is 5.73 Å². The molecule has 0 saturated heterocycles. The number of hydrogen-bond donors (Lipinski definition) is 1. The molecule has 0 aliphatic heterocycles. The van der Waals surface area contributed by atoms with Gasteiger partial charge in [0.15, 0.2) is 0 Å². The number of aromatic nitrogens is 1. The fraction of sp³-hybridized carbons (Fsp3) is 0.0625. The molecular weight excluding hydrogens is 271 g/mol. The summed E-state index contributed by atoms with van der Waals surface area (Å²) >= 11 is 1.45. The Bertz CT molecular complexity index is 722. The highest BCUT2D eigenvalue weighted by atomic mass is 32.1. The monoisotopic (exact) mass is 284 g/mol. The van der Waals surface area contributed by atoms with Gasteiger partial charge in [-0.25, -0.2) is 9.37 Å². The highest BCUT2D eigenvalue weighted by molar-refractivity contribution is 7.15. The second kappa shape index (κ2) is 5.53. The zero-order chi connectivity index (χ0) is 13.9. The van der Waals surface area contributed by atoms with E-state index in [1.807, 2.05) is 36.4 Å². The molecule has 0 radical (unpaired) electrons. The maximum absolute atomic E-state index is 13.9. The molecule has 1 heterocycles. The SMILES string of the molecule is NCc1sc(-c2ccccc2F)nc1-c1ccccc1. The Morgan fingerprint density at radius 1 is 1.00 bits per heavy atom. The maximum Gasteiger partial charge on any atom is 0.133 e. The van der Waals surface area contributed by atoms with Crippen molar-refractivity contribution in [3.05, 3.63) is 65.3 Å². The molecule has 4 heteroatoms. The van der Waals surface area contributed by atoms with Gasteiger partial charge in [0.1, 0.15) is 10.8 Å². The molecule has 0 unspecified atom stereocenters. The first-order valence-electron chi connectivity index (χ1n) is 6.29. The lowest BCUT2D eigenvalue weighted by molar-refractivity contribution is 0.631. The Balaban J connectivity index is 2.13. The van der Waals surface area contributed by atoms with Crippen LogP contribution >= 0.6 is 11.3 Å². The minimum absolute atomic E-state index is 0.260. The average molecular weight is 284 g/mol. The van der Waals surface area contributed by atoms with E-state index >= 15 is 0 Å². The minimum Gasteiger partial charge on any atom is -0.326 e. The Morgan fingerprint density at radius 2 is 1.70 bits per heavy atom. The second-order valence-electron chi connectivity index (χ2n) is 4.34. The molecule has 0 amide bonds. The third-order valence-corrected chi connectivity index (χ3v) is 4.15. The molecule has 2 nitrogen and oxygen atoms in total. The van der Waals surface area contributed by atoms with Crippen LogP contribution in [-0.4, -0.2) is 4.98 Å². The lowest BCUT2D eigenvalue weighted by Gasteiger charge is -1.99. The molecule has 0 fully saturated rings. The smallest absolute Gasteiger partial charge is 0.133 e. The Hall–Kier alpha value is -2.04. The molecule has 100 valence electrons. The molecule has 0 atom stereocenters. The molecule has 3 rings (SSSR count). The molecule has 0 aliphatic rings. The van der Waals surface area contributed by atoms with Crippen molar-refractivity contribution in [2.24, 2.45) is 5.73 Å². The number of nitrogens with two attached hydrogens (primary N) is 1. The van der Waals surface area contributed by atoms with Gasteiger partial charge in [0.25, 0.3) is 0 Å². The normalized spacial score (nSPS) is 10.7. The predicted octanol–water partition coefficient (Wildman–Crippen LogP) is 4.07. The van der Waals surface area contributed by atoms with E-state index in [0.717, 1.165) is 16.1 Å². The number of hydrogen-bond acceptors (Lipinski definition) is 3. The highest BCUT2D eigenvalue weighted by Crippen LogP contribution is 2.34. The summed E-state index contributed by atoms with van der Waals surface area (Å²) in [7, 11) is 0. The summed E-state index contributed by atoms with van der Waals surface area (Å²) in [6.07, 6.45) is 0. The van der Waals surface area contributed by atoms with Gasteiger partial charge in [-0.05, 0) is 12.1 Å². The second-order valence-corrected chi connectivity index (χ2v) is 5.42. The molecule has 2 aromatic carbocycles. The zero-order valence-electron chi connectivity index (χ0n) is 10.7. The molecule has 0 aliphatic carbocycles. The van der Waals surface area contributed by atoms with Gasteiger partial charge >= 0.3 is 0 Å². The van der Waals surface area contributed by atoms with Crippen LogP contribution in [0.2, 0.25) is 0 Å². The summed E-state index contributed by atoms with van der Waals surface area (Å²) in [6.45, 7) is 0.399. The van der Waals surface area contributed by atoms with Crippen molar-refractivity contribution in [1.82, 2.24) is 4.98 Å². The Labute approximate surface area is 120 Å². The van der Waals surface area contributed by atoms with E-state index in [1.54, 1.807) is 12.1 Å². The largest absolute Gasteiger partial charge is 0.326 e. The van der Waals surface area contributed by atoms with Crippen molar-refractivity contribution in [1.29, 1.82) is 0 Å². The van der Waals surface area contributed by atoms with Gasteiger partial charge in [0.2, 0.25) is 0 Å². The van der Waals surface area contributed by atoms with Crippen LogP contribution in [0.25, 0.3) is 21.8 Å². The van der Waals surface area contributed by atoms with Crippen LogP contribution in [0.1, 0.15) is 4.88 Å². The summed E-state index contributed by atoms with van der Waals surface area (Å²) in [6, 6.07) is 16.5. The summed E-state index contributed by atoms with van der Waals surface area (Å²) in [4.78, 5) is 5.55. The number of benzene rings is 2. The topological polar surface area (TPSA) is 38.9 Å². The molecule has 3 aromatic rings. The van der Waals surface area contributed by atoms with Crippen LogP contribution in [0.3, 0.4) is 0 Å².